The molecule has 0 atom stereocenters. The van der Waals surface area contributed by atoms with Crippen molar-refractivity contribution in [3.63, 3.8) is 0 Å². The average molecular weight is 157 g/mol. The maximum Gasteiger partial charge on any atom is 0.266 e. The fraction of sp³-hybridized carbons (Fsp3) is 1.00. The van der Waals surface area contributed by atoms with Crippen LogP contribution in [-0.4, -0.2) is 25.3 Å². The van der Waals surface area contributed by atoms with E-state index in [0.29, 0.717) is 0 Å². The van der Waals surface area contributed by atoms with Crippen molar-refractivity contribution < 1.29 is 13.0 Å². The Kier molecular flexibility index (Phi) is 10.6. The molecule has 5 heteroatoms. The van der Waals surface area contributed by atoms with E-state index in [9.17, 15) is 8.42 Å². The number of hydrogen-bond donors (Lipinski definition) is 2. The van der Waals surface area contributed by atoms with E-state index in [4.69, 9.17) is 10.3 Å². The highest BCUT2D eigenvalue weighted by molar-refractivity contribution is 7.85. The van der Waals surface area contributed by atoms with Gasteiger partial charge in [0.2, 0.25) is 0 Å². The molecular formula is C4H15NO3S. The Labute approximate surface area is 56.8 Å². The van der Waals surface area contributed by atoms with Gasteiger partial charge in [-0.05, 0) is 0 Å². The summed E-state index contributed by atoms with van der Waals surface area (Å²) in [6, 6.07) is 0. The first-order valence-corrected chi connectivity index (χ1v) is 3.32. The summed E-state index contributed by atoms with van der Waals surface area (Å²) in [6.07, 6.45) is 0. The summed E-state index contributed by atoms with van der Waals surface area (Å²) in [5, 5.41) is 0. The summed E-state index contributed by atoms with van der Waals surface area (Å²) in [4.78, 5) is 0. The van der Waals surface area contributed by atoms with Crippen molar-refractivity contribution in [1.82, 2.24) is 0 Å². The van der Waals surface area contributed by atoms with Gasteiger partial charge in [-0.25, -0.2) is 0 Å². The van der Waals surface area contributed by atoms with Gasteiger partial charge in [0.05, 0.1) is 5.75 Å². The Morgan fingerprint density at radius 3 is 1.67 bits per heavy atom. The van der Waals surface area contributed by atoms with Crippen molar-refractivity contribution in [2.24, 2.45) is 5.73 Å². The van der Waals surface area contributed by atoms with Crippen LogP contribution < -0.4 is 5.73 Å². The molecule has 60 valence electrons. The molecule has 0 radical (unpaired) electrons. The van der Waals surface area contributed by atoms with E-state index in [1.54, 1.807) is 0 Å². The van der Waals surface area contributed by atoms with E-state index in [1.807, 2.05) is 0 Å². The third-order valence-electron chi connectivity index (χ3n) is 0.376. The second-order valence-corrected chi connectivity index (χ2v) is 2.65. The molecule has 0 aliphatic rings. The molecular weight excluding hydrogens is 142 g/mol. The Hall–Kier alpha value is -0.130. The van der Waals surface area contributed by atoms with Crippen LogP contribution in [0.1, 0.15) is 14.9 Å². The van der Waals surface area contributed by atoms with Crippen molar-refractivity contribution >= 4 is 10.1 Å². The van der Waals surface area contributed by atoms with Crippen LogP contribution >= 0.6 is 0 Å². The molecule has 0 rings (SSSR count). The molecule has 0 aliphatic carbocycles. The molecule has 0 saturated carbocycles. The third kappa shape index (κ3) is 18.1. The zero-order chi connectivity index (χ0) is 5.91. The van der Waals surface area contributed by atoms with Gasteiger partial charge in [-0.2, -0.15) is 8.42 Å². The van der Waals surface area contributed by atoms with Crippen LogP contribution in [0.15, 0.2) is 0 Å². The lowest BCUT2D eigenvalue weighted by Crippen LogP contribution is -2.13. The van der Waals surface area contributed by atoms with E-state index in [1.165, 1.54) is 0 Å². The highest BCUT2D eigenvalue weighted by Gasteiger charge is 1.98. The van der Waals surface area contributed by atoms with Crippen LogP contribution in [-0.2, 0) is 10.1 Å². The Morgan fingerprint density at radius 2 is 1.67 bits per heavy atom. The van der Waals surface area contributed by atoms with Crippen LogP contribution in [0.5, 0.6) is 0 Å². The van der Waals surface area contributed by atoms with Crippen LogP contribution in [0.2, 0.25) is 0 Å². The summed E-state index contributed by atoms with van der Waals surface area (Å²) in [5.41, 5.74) is 4.78. The Balaban J connectivity index is -0.000000180. The Bertz CT molecular complexity index is 129. The molecule has 0 amide bonds. The van der Waals surface area contributed by atoms with Crippen LogP contribution in [0, 0.1) is 0 Å². The summed E-state index contributed by atoms with van der Waals surface area (Å²) in [7, 11) is -3.80. The standard InChI is InChI=1S/C2H7NO3S.2CH4/c3-1-2-7(4,5)6;;/h1-3H2,(H,4,5,6);2*1H4. The van der Waals surface area contributed by atoms with E-state index in [-0.39, 0.29) is 27.2 Å². The van der Waals surface area contributed by atoms with Gasteiger partial charge in [0, 0.05) is 6.54 Å². The predicted octanol–water partition coefficient (Wildman–Crippen LogP) is 0.105. The monoisotopic (exact) mass is 157 g/mol. The van der Waals surface area contributed by atoms with E-state index in [0.717, 1.165) is 0 Å². The number of rotatable bonds is 2. The highest BCUT2D eigenvalue weighted by atomic mass is 32.2. The first kappa shape index (κ1) is 15.9. The highest BCUT2D eigenvalue weighted by Crippen LogP contribution is 1.74. The molecule has 0 aromatic heterocycles. The molecule has 0 saturated heterocycles. The van der Waals surface area contributed by atoms with Gasteiger partial charge in [0.25, 0.3) is 10.1 Å². The van der Waals surface area contributed by atoms with E-state index < -0.39 is 10.1 Å². The van der Waals surface area contributed by atoms with Crippen molar-refractivity contribution in [2.45, 2.75) is 14.9 Å². The van der Waals surface area contributed by atoms with Gasteiger partial charge in [-0.1, -0.05) is 14.9 Å². The van der Waals surface area contributed by atoms with Gasteiger partial charge >= 0.3 is 0 Å². The van der Waals surface area contributed by atoms with Gasteiger partial charge < -0.3 is 5.73 Å². The minimum Gasteiger partial charge on any atom is -0.329 e. The van der Waals surface area contributed by atoms with Gasteiger partial charge in [0.15, 0.2) is 0 Å². The first-order chi connectivity index (χ1) is 3.06. The van der Waals surface area contributed by atoms with Crippen LogP contribution in [0.4, 0.5) is 0 Å². The summed E-state index contributed by atoms with van der Waals surface area (Å²) >= 11 is 0. The Morgan fingerprint density at radius 1 is 1.33 bits per heavy atom. The largest absolute Gasteiger partial charge is 0.329 e. The second kappa shape index (κ2) is 6.00. The molecule has 9 heavy (non-hydrogen) atoms. The summed E-state index contributed by atoms with van der Waals surface area (Å²) < 4.78 is 27.3. The van der Waals surface area contributed by atoms with Crippen molar-refractivity contribution in [3.8, 4) is 0 Å². The zero-order valence-electron chi connectivity index (χ0n) is 3.66. The molecule has 0 unspecified atom stereocenters. The molecule has 0 bridgehead atoms. The molecule has 0 aliphatic heterocycles. The molecule has 0 heterocycles. The molecule has 0 aromatic carbocycles. The van der Waals surface area contributed by atoms with Gasteiger partial charge in [-0.15, -0.1) is 0 Å². The van der Waals surface area contributed by atoms with Crippen molar-refractivity contribution in [1.29, 1.82) is 0 Å². The molecule has 3 N–H and O–H groups in total. The lowest BCUT2D eigenvalue weighted by molar-refractivity contribution is 0.483. The second-order valence-electron chi connectivity index (χ2n) is 1.07. The van der Waals surface area contributed by atoms with Crippen LogP contribution in [0.25, 0.3) is 0 Å². The summed E-state index contributed by atoms with van der Waals surface area (Å²) in [5.74, 6) is -0.354. The lowest BCUT2D eigenvalue weighted by atomic mass is 10.8. The molecule has 0 aromatic rings. The first-order valence-electron chi connectivity index (χ1n) is 1.71. The average Bonchev–Trinajstić information content (AvgIpc) is 1.30. The smallest absolute Gasteiger partial charge is 0.266 e. The van der Waals surface area contributed by atoms with Crippen molar-refractivity contribution in [3.05, 3.63) is 0 Å². The fourth-order valence-electron chi connectivity index (χ4n) is 0.149. The molecule has 0 spiro atoms. The predicted molar refractivity (Wildman–Crippen MR) is 38.9 cm³/mol. The molecule has 4 nitrogen and oxygen atoms in total. The quantitative estimate of drug-likeness (QED) is 0.557. The minimum absolute atomic E-state index is 0. The lowest BCUT2D eigenvalue weighted by Gasteiger charge is -1.86. The summed E-state index contributed by atoms with van der Waals surface area (Å²) in [6.45, 7) is -0.0289. The third-order valence-corrected chi connectivity index (χ3v) is 1.13. The topological polar surface area (TPSA) is 80.4 Å². The minimum atomic E-state index is -3.80. The fourth-order valence-corrected chi connectivity index (χ4v) is 0.447. The number of hydrogen-bond acceptors (Lipinski definition) is 3. The van der Waals surface area contributed by atoms with E-state index in [2.05, 4.69) is 0 Å². The van der Waals surface area contributed by atoms with Gasteiger partial charge in [0.1, 0.15) is 0 Å². The zero-order valence-corrected chi connectivity index (χ0v) is 4.48. The van der Waals surface area contributed by atoms with Crippen LogP contribution in [0.3, 0.4) is 0 Å². The molecule has 0 fully saturated rings. The number of nitrogens with two attached hydrogens (primary N) is 1. The van der Waals surface area contributed by atoms with E-state index >= 15 is 0 Å². The maximum absolute atomic E-state index is 9.71. The van der Waals surface area contributed by atoms with Crippen molar-refractivity contribution in [2.75, 3.05) is 12.3 Å². The normalized spacial score (nSPS) is 9.11. The SMILES string of the molecule is C.C.NCCS(=O)(=O)O. The maximum atomic E-state index is 9.71. The van der Waals surface area contributed by atoms with Gasteiger partial charge in [-0.3, -0.25) is 4.55 Å².